The molecule has 3 aromatic rings. The molecule has 4 rings (SSSR count). The smallest absolute Gasteiger partial charge is 0.366 e. The third-order valence-electron chi connectivity index (χ3n) is 6.12. The molecule has 0 saturated carbocycles. The number of sulfonamides is 1. The van der Waals surface area contributed by atoms with Crippen molar-refractivity contribution in [2.24, 2.45) is 0 Å². The fourth-order valence-corrected chi connectivity index (χ4v) is 5.48. The van der Waals surface area contributed by atoms with Gasteiger partial charge in [-0.3, -0.25) is 14.3 Å². The largest absolute Gasteiger partial charge is 0.416 e. The average Bonchev–Trinajstić information content (AvgIpc) is 2.84. The number of carbonyl (C=O) groups is 1. The van der Waals surface area contributed by atoms with Gasteiger partial charge in [0.05, 0.1) is 10.5 Å². The van der Waals surface area contributed by atoms with Gasteiger partial charge in [0.2, 0.25) is 0 Å². The molecule has 0 bridgehead atoms. The molecule has 1 saturated heterocycles. The van der Waals surface area contributed by atoms with Crippen molar-refractivity contribution in [1.29, 1.82) is 0 Å². The third-order valence-corrected chi connectivity index (χ3v) is 7.63. The van der Waals surface area contributed by atoms with Crippen LogP contribution < -0.4 is 31.1 Å². The maximum Gasteiger partial charge on any atom is 0.416 e. The molecule has 1 heterocycles. The second-order valence-electron chi connectivity index (χ2n) is 8.69. The van der Waals surface area contributed by atoms with Crippen LogP contribution in [-0.2, 0) is 16.2 Å². The molecular formula is C24H23F3N4O5S. The highest BCUT2D eigenvalue weighted by molar-refractivity contribution is 7.92. The number of hydrogen-bond donors (Lipinski definition) is 3. The van der Waals surface area contributed by atoms with Crippen molar-refractivity contribution in [3.63, 3.8) is 0 Å². The second kappa shape index (κ2) is 9.88. The summed E-state index contributed by atoms with van der Waals surface area (Å²) in [5, 5.41) is 5.20. The summed E-state index contributed by atoms with van der Waals surface area (Å²) in [5.74, 6) is 0. The van der Waals surface area contributed by atoms with Gasteiger partial charge in [-0.05, 0) is 55.7 Å². The molecule has 0 spiro atoms. The lowest BCUT2D eigenvalue weighted by Crippen LogP contribution is -2.50. The van der Waals surface area contributed by atoms with Crippen LogP contribution in [0.25, 0.3) is 0 Å². The Labute approximate surface area is 210 Å². The highest BCUT2D eigenvalue weighted by atomic mass is 32.2. The minimum atomic E-state index is -4.48. The highest BCUT2D eigenvalue weighted by Gasteiger charge is 2.33. The van der Waals surface area contributed by atoms with Crippen LogP contribution in [0.2, 0.25) is 0 Å². The lowest BCUT2D eigenvalue weighted by Gasteiger charge is -2.35. The Kier molecular flexibility index (Phi) is 7.00. The number of benzene rings is 2. The van der Waals surface area contributed by atoms with Gasteiger partial charge in [-0.25, -0.2) is 13.2 Å². The van der Waals surface area contributed by atoms with Crippen molar-refractivity contribution in [3.05, 3.63) is 80.1 Å². The summed E-state index contributed by atoms with van der Waals surface area (Å²) in [6, 6.07) is 9.37. The number of aryl methyl sites for hydroxylation is 1. The topological polar surface area (TPSA) is 125 Å². The number of piperidine rings is 1. The van der Waals surface area contributed by atoms with Gasteiger partial charge in [0.25, 0.3) is 20.9 Å². The lowest BCUT2D eigenvalue weighted by molar-refractivity contribution is -0.137. The molecule has 196 valence electrons. The molecule has 37 heavy (non-hydrogen) atoms. The predicted octanol–water partition coefficient (Wildman–Crippen LogP) is 3.20. The number of anilines is 3. The predicted molar refractivity (Wildman–Crippen MR) is 132 cm³/mol. The van der Waals surface area contributed by atoms with E-state index in [-0.39, 0.29) is 41.1 Å². The average molecular weight is 537 g/mol. The third kappa shape index (κ3) is 5.61. The van der Waals surface area contributed by atoms with E-state index in [1.165, 1.54) is 6.07 Å². The summed E-state index contributed by atoms with van der Waals surface area (Å²) in [5.41, 5.74) is -2.13. The van der Waals surface area contributed by atoms with E-state index in [0.717, 1.165) is 24.3 Å². The summed E-state index contributed by atoms with van der Waals surface area (Å²) < 4.78 is 65.9. The zero-order chi connectivity index (χ0) is 27.0. The number of halogens is 3. The first-order valence-electron chi connectivity index (χ1n) is 11.3. The van der Waals surface area contributed by atoms with E-state index in [2.05, 4.69) is 15.4 Å². The molecular weight excluding hydrogens is 513 g/mol. The fourth-order valence-electron chi connectivity index (χ4n) is 4.17. The molecule has 0 unspecified atom stereocenters. The number of hydrogen-bond acceptors (Lipinski definition) is 6. The number of carbonyl (C=O) groups excluding carboxylic acids is 1. The Bertz CT molecular complexity index is 1490. The number of rotatable bonds is 6. The van der Waals surface area contributed by atoms with Gasteiger partial charge in [-0.1, -0.05) is 18.2 Å². The van der Waals surface area contributed by atoms with E-state index in [0.29, 0.717) is 18.4 Å². The van der Waals surface area contributed by atoms with Crippen LogP contribution in [0.5, 0.6) is 0 Å². The van der Waals surface area contributed by atoms with Gasteiger partial charge in [0.1, 0.15) is 11.4 Å². The lowest BCUT2D eigenvalue weighted by atomic mass is 10.0. The van der Waals surface area contributed by atoms with Gasteiger partial charge in [-0.2, -0.15) is 13.2 Å². The number of urea groups is 1. The highest BCUT2D eigenvalue weighted by Crippen LogP contribution is 2.30. The van der Waals surface area contributed by atoms with E-state index in [1.807, 2.05) is 0 Å². The summed E-state index contributed by atoms with van der Waals surface area (Å²) in [4.78, 5) is 38.3. The molecule has 0 atom stereocenters. The van der Waals surface area contributed by atoms with Gasteiger partial charge >= 0.3 is 12.2 Å². The number of alkyl halides is 3. The van der Waals surface area contributed by atoms with Crippen LogP contribution in [0, 0.1) is 6.92 Å². The van der Waals surface area contributed by atoms with Crippen LogP contribution >= 0.6 is 0 Å². The van der Waals surface area contributed by atoms with Crippen molar-refractivity contribution in [2.75, 3.05) is 28.0 Å². The molecule has 2 amide bonds. The first kappa shape index (κ1) is 26.2. The normalized spacial score (nSPS) is 15.0. The van der Waals surface area contributed by atoms with Crippen molar-refractivity contribution < 1.29 is 26.4 Å². The zero-order valence-corrected chi connectivity index (χ0v) is 20.4. The molecule has 3 N–H and O–H groups in total. The number of nitrogens with zero attached hydrogens (tertiary/aromatic N) is 1. The summed E-state index contributed by atoms with van der Waals surface area (Å²) in [6.07, 6.45) is -3.69. The van der Waals surface area contributed by atoms with E-state index >= 15 is 0 Å². The summed E-state index contributed by atoms with van der Waals surface area (Å²) in [6.45, 7) is 2.16. The van der Waals surface area contributed by atoms with Gasteiger partial charge in [-0.15, -0.1) is 0 Å². The second-order valence-corrected chi connectivity index (χ2v) is 10.3. The molecule has 0 aromatic heterocycles. The van der Waals surface area contributed by atoms with E-state index in [9.17, 15) is 36.0 Å². The number of amides is 2. The Morgan fingerprint density at radius 1 is 0.973 bits per heavy atom. The zero-order valence-electron chi connectivity index (χ0n) is 19.6. The van der Waals surface area contributed by atoms with Crippen molar-refractivity contribution in [3.8, 4) is 0 Å². The summed E-state index contributed by atoms with van der Waals surface area (Å²) in [7, 11) is -4.08. The quantitative estimate of drug-likeness (QED) is 0.416. The van der Waals surface area contributed by atoms with Crippen LogP contribution in [0.1, 0.15) is 24.0 Å². The molecule has 1 fully saturated rings. The van der Waals surface area contributed by atoms with E-state index < -0.39 is 38.7 Å². The molecule has 3 aromatic carbocycles. The van der Waals surface area contributed by atoms with Crippen LogP contribution in [0.3, 0.4) is 0 Å². The van der Waals surface area contributed by atoms with Gasteiger partial charge < -0.3 is 15.5 Å². The minimum absolute atomic E-state index is 0.00374. The molecule has 0 aliphatic carbocycles. The molecule has 13 heteroatoms. The molecule has 1 aliphatic rings. The van der Waals surface area contributed by atoms with Crippen molar-refractivity contribution in [2.45, 2.75) is 36.9 Å². The first-order valence-corrected chi connectivity index (χ1v) is 12.8. The van der Waals surface area contributed by atoms with Crippen LogP contribution in [0.15, 0.2) is 63.0 Å². The Morgan fingerprint density at radius 2 is 1.59 bits per heavy atom. The van der Waals surface area contributed by atoms with E-state index in [1.54, 1.807) is 30.0 Å². The van der Waals surface area contributed by atoms with E-state index in [4.69, 9.17) is 0 Å². The maximum atomic E-state index is 12.8. The minimum Gasteiger partial charge on any atom is -0.366 e. The van der Waals surface area contributed by atoms with Crippen molar-refractivity contribution in [1.82, 2.24) is 5.32 Å². The Hall–Kier alpha value is -3.87. The molecule has 9 nitrogen and oxygen atoms in total. The molecule has 0 radical (unpaired) electrons. The maximum absolute atomic E-state index is 12.8. The van der Waals surface area contributed by atoms with Crippen LogP contribution in [0.4, 0.5) is 35.0 Å². The Morgan fingerprint density at radius 3 is 2.19 bits per heavy atom. The first-order chi connectivity index (χ1) is 17.4. The Balaban J connectivity index is 1.36. The van der Waals surface area contributed by atoms with Gasteiger partial charge in [0, 0.05) is 24.8 Å². The fraction of sp³-hybridized carbons (Fsp3) is 0.292. The molecule has 1 aliphatic heterocycles. The van der Waals surface area contributed by atoms with Gasteiger partial charge in [0.15, 0.2) is 0 Å². The summed E-state index contributed by atoms with van der Waals surface area (Å²) >= 11 is 0. The SMILES string of the molecule is Cc1ccccc1S(=O)(=O)Nc1c(N2CCC(NC(=O)Nc3ccc(C(F)(F)F)cc3)CC2)c(=O)c1=O. The number of nitrogens with one attached hydrogen (secondary N) is 3. The van der Waals surface area contributed by atoms with Crippen LogP contribution in [-0.4, -0.2) is 33.6 Å². The monoisotopic (exact) mass is 536 g/mol. The van der Waals surface area contributed by atoms with Crippen molar-refractivity contribution >= 4 is 33.1 Å². The standard InChI is InChI=1S/C24H23F3N4O5S/c1-14-4-2-3-5-18(14)37(35,36)30-19-20(22(33)21(19)32)31-12-10-17(11-13-31)29-23(34)28-16-8-6-15(7-9-16)24(25,26)27/h2-9,17,30H,10-13H2,1H3,(H2,28,29,34).